The Morgan fingerprint density at radius 1 is 0.704 bits per heavy atom. The lowest BCUT2D eigenvalue weighted by atomic mass is 9.95. The van der Waals surface area contributed by atoms with Gasteiger partial charge < -0.3 is 4.42 Å². The zero-order chi connectivity index (χ0) is 18.7. The van der Waals surface area contributed by atoms with E-state index >= 15 is 0 Å². The van der Waals surface area contributed by atoms with Gasteiger partial charge in [0.1, 0.15) is 12.0 Å². The third kappa shape index (κ3) is 5.96. The molecule has 0 atom stereocenters. The number of hydrogen-bond acceptors (Lipinski definition) is 2. The first-order chi connectivity index (χ1) is 13.4. The van der Waals surface area contributed by atoms with Gasteiger partial charge in [0.25, 0.3) is 0 Å². The van der Waals surface area contributed by atoms with E-state index in [1.807, 2.05) is 30.3 Å². The summed E-state index contributed by atoms with van der Waals surface area (Å²) in [5.74, 6) is 1.10. The van der Waals surface area contributed by atoms with E-state index in [9.17, 15) is 4.79 Å². The molecule has 3 rings (SSSR count). The third-order valence-electron chi connectivity index (χ3n) is 5.07. The van der Waals surface area contributed by atoms with Crippen LogP contribution in [0.15, 0.2) is 71.3 Å². The van der Waals surface area contributed by atoms with Crippen molar-refractivity contribution in [2.75, 3.05) is 0 Å². The van der Waals surface area contributed by atoms with Gasteiger partial charge in [-0.05, 0) is 48.1 Å². The monoisotopic (exact) mass is 360 g/mol. The van der Waals surface area contributed by atoms with Crippen molar-refractivity contribution in [1.82, 2.24) is 0 Å². The number of furan rings is 1. The molecule has 0 N–H and O–H groups in total. The predicted molar refractivity (Wildman–Crippen MR) is 111 cm³/mol. The molecule has 1 aromatic heterocycles. The van der Waals surface area contributed by atoms with Gasteiger partial charge in [-0.2, -0.15) is 0 Å². The number of hydrogen-bond donors (Lipinski definition) is 0. The fourth-order valence-electron chi connectivity index (χ4n) is 3.54. The Labute approximate surface area is 162 Å². The molecule has 2 nitrogen and oxygen atoms in total. The molecule has 3 aromatic rings. The van der Waals surface area contributed by atoms with Gasteiger partial charge in [0.05, 0.1) is 6.26 Å². The molecule has 0 aliphatic rings. The van der Waals surface area contributed by atoms with E-state index in [2.05, 4.69) is 30.3 Å². The topological polar surface area (TPSA) is 30.2 Å². The lowest BCUT2D eigenvalue weighted by molar-refractivity contribution is 0.112. The van der Waals surface area contributed by atoms with E-state index in [4.69, 9.17) is 4.42 Å². The van der Waals surface area contributed by atoms with Gasteiger partial charge in [0.2, 0.25) is 0 Å². The third-order valence-corrected chi connectivity index (χ3v) is 5.07. The van der Waals surface area contributed by atoms with Gasteiger partial charge in [-0.3, -0.25) is 4.79 Å². The van der Waals surface area contributed by atoms with Crippen molar-refractivity contribution in [3.05, 3.63) is 83.8 Å². The van der Waals surface area contributed by atoms with E-state index in [-0.39, 0.29) is 0 Å². The van der Waals surface area contributed by atoms with Gasteiger partial charge >= 0.3 is 0 Å². The van der Waals surface area contributed by atoms with Crippen LogP contribution in [0, 0.1) is 0 Å². The Bertz CT molecular complexity index is 801. The summed E-state index contributed by atoms with van der Waals surface area (Å²) < 4.78 is 5.37. The summed E-state index contributed by atoms with van der Waals surface area (Å²) in [7, 11) is 0. The van der Waals surface area contributed by atoms with Crippen LogP contribution in [0.2, 0.25) is 0 Å². The molecule has 0 radical (unpaired) electrons. The van der Waals surface area contributed by atoms with Crippen molar-refractivity contribution in [3.63, 3.8) is 0 Å². The van der Waals surface area contributed by atoms with Crippen molar-refractivity contribution in [2.45, 2.75) is 51.4 Å². The number of aldehydes is 1. The van der Waals surface area contributed by atoms with Crippen LogP contribution in [0.3, 0.4) is 0 Å². The number of rotatable bonds is 11. The first-order valence-electron chi connectivity index (χ1n) is 10.0. The fraction of sp³-hybridized carbons (Fsp3) is 0.320. The molecule has 0 spiro atoms. The minimum Gasteiger partial charge on any atom is -0.469 e. The van der Waals surface area contributed by atoms with E-state index in [1.165, 1.54) is 55.2 Å². The Balaban J connectivity index is 1.40. The van der Waals surface area contributed by atoms with Crippen LogP contribution in [0.5, 0.6) is 0 Å². The van der Waals surface area contributed by atoms with Crippen LogP contribution < -0.4 is 0 Å². The molecule has 0 aliphatic carbocycles. The number of aryl methyl sites for hydroxylation is 2. The summed E-state index contributed by atoms with van der Waals surface area (Å²) in [6.07, 6.45) is 12.4. The second-order valence-corrected chi connectivity index (χ2v) is 7.10. The largest absolute Gasteiger partial charge is 0.469 e. The smallest absolute Gasteiger partial charge is 0.150 e. The molecule has 140 valence electrons. The van der Waals surface area contributed by atoms with Gasteiger partial charge in [0, 0.05) is 12.0 Å². The Morgan fingerprint density at radius 2 is 1.41 bits per heavy atom. The van der Waals surface area contributed by atoms with Gasteiger partial charge in [-0.25, -0.2) is 0 Å². The number of benzene rings is 2. The average Bonchev–Trinajstić information content (AvgIpc) is 3.24. The van der Waals surface area contributed by atoms with E-state index in [1.54, 1.807) is 6.26 Å². The molecule has 0 amide bonds. The van der Waals surface area contributed by atoms with Crippen molar-refractivity contribution < 1.29 is 9.21 Å². The standard InChI is InChI=1S/C25H28O2/c26-20-21-15-17-23(18-16-21)25-14-8-7-11-22(25)10-5-3-1-2-4-6-12-24-13-9-19-27-24/h7-9,11,13-20H,1-6,10,12H2. The first kappa shape index (κ1) is 19.2. The highest BCUT2D eigenvalue weighted by atomic mass is 16.3. The molecule has 0 saturated carbocycles. The molecule has 2 aromatic carbocycles. The van der Waals surface area contributed by atoms with Crippen LogP contribution in [0.4, 0.5) is 0 Å². The van der Waals surface area contributed by atoms with Gasteiger partial charge in [-0.1, -0.05) is 74.2 Å². The summed E-state index contributed by atoms with van der Waals surface area (Å²) in [5, 5.41) is 0. The van der Waals surface area contributed by atoms with E-state index < -0.39 is 0 Å². The molecule has 0 bridgehead atoms. The van der Waals surface area contributed by atoms with Crippen LogP contribution >= 0.6 is 0 Å². The molecule has 0 fully saturated rings. The summed E-state index contributed by atoms with van der Waals surface area (Å²) in [6, 6.07) is 20.5. The molecule has 0 saturated heterocycles. The lowest BCUT2D eigenvalue weighted by Crippen LogP contribution is -1.91. The zero-order valence-electron chi connectivity index (χ0n) is 15.9. The maximum atomic E-state index is 10.8. The summed E-state index contributed by atoms with van der Waals surface area (Å²) in [6.45, 7) is 0. The molecule has 0 aliphatic heterocycles. The quantitative estimate of drug-likeness (QED) is 0.275. The maximum absolute atomic E-state index is 10.8. The molecule has 0 unspecified atom stereocenters. The average molecular weight is 360 g/mol. The van der Waals surface area contributed by atoms with Gasteiger partial charge in [0.15, 0.2) is 0 Å². The second-order valence-electron chi connectivity index (χ2n) is 7.10. The van der Waals surface area contributed by atoms with Crippen molar-refractivity contribution >= 4 is 6.29 Å². The second kappa shape index (κ2) is 10.5. The molecule has 1 heterocycles. The Morgan fingerprint density at radius 3 is 2.11 bits per heavy atom. The van der Waals surface area contributed by atoms with Crippen LogP contribution in [-0.4, -0.2) is 6.29 Å². The minimum absolute atomic E-state index is 0.725. The highest BCUT2D eigenvalue weighted by Gasteiger charge is 2.05. The molecule has 2 heteroatoms. The van der Waals surface area contributed by atoms with Crippen molar-refractivity contribution in [3.8, 4) is 11.1 Å². The van der Waals surface area contributed by atoms with Crippen LogP contribution in [0.25, 0.3) is 11.1 Å². The fourth-order valence-corrected chi connectivity index (χ4v) is 3.54. The molecular weight excluding hydrogens is 332 g/mol. The highest BCUT2D eigenvalue weighted by Crippen LogP contribution is 2.25. The first-order valence-corrected chi connectivity index (χ1v) is 10.0. The van der Waals surface area contributed by atoms with Crippen LogP contribution in [-0.2, 0) is 12.8 Å². The number of carbonyl (C=O) groups is 1. The maximum Gasteiger partial charge on any atom is 0.150 e. The normalized spacial score (nSPS) is 10.8. The molecule has 27 heavy (non-hydrogen) atoms. The Kier molecular flexibility index (Phi) is 7.46. The van der Waals surface area contributed by atoms with Crippen molar-refractivity contribution in [2.24, 2.45) is 0 Å². The summed E-state index contributed by atoms with van der Waals surface area (Å²) in [4.78, 5) is 10.8. The highest BCUT2D eigenvalue weighted by molar-refractivity contribution is 5.77. The lowest BCUT2D eigenvalue weighted by Gasteiger charge is -2.10. The van der Waals surface area contributed by atoms with Crippen LogP contribution in [0.1, 0.15) is 60.2 Å². The molecular formula is C25H28O2. The SMILES string of the molecule is O=Cc1ccc(-c2ccccc2CCCCCCCCc2ccco2)cc1. The summed E-state index contributed by atoms with van der Waals surface area (Å²) >= 11 is 0. The van der Waals surface area contributed by atoms with E-state index in [0.717, 1.165) is 30.5 Å². The number of unbranched alkanes of at least 4 members (excludes halogenated alkanes) is 5. The predicted octanol–water partition coefficient (Wildman–Crippen LogP) is 6.88. The number of carbonyl (C=O) groups excluding carboxylic acids is 1. The minimum atomic E-state index is 0.725. The Hall–Kier alpha value is -2.61. The van der Waals surface area contributed by atoms with E-state index in [0.29, 0.717) is 0 Å². The van der Waals surface area contributed by atoms with Gasteiger partial charge in [-0.15, -0.1) is 0 Å². The summed E-state index contributed by atoms with van der Waals surface area (Å²) in [5.41, 5.74) is 4.60. The zero-order valence-corrected chi connectivity index (χ0v) is 15.9. The van der Waals surface area contributed by atoms with Crippen molar-refractivity contribution in [1.29, 1.82) is 0 Å².